The second-order valence-corrected chi connectivity index (χ2v) is 3.40. The standard InChI is InChI=1S/C10H23NO2.ClH/c1-6-11(7-2)9(3)8-13-10(4)12-5;/h9-10H,6-8H2,1-5H3;1H. The van der Waals surface area contributed by atoms with Crippen LogP contribution in [-0.4, -0.2) is 39.1 Å². The van der Waals surface area contributed by atoms with E-state index in [1.165, 1.54) is 0 Å². The molecule has 14 heavy (non-hydrogen) atoms. The van der Waals surface area contributed by atoms with Crippen molar-refractivity contribution in [2.45, 2.75) is 40.0 Å². The molecule has 0 amide bonds. The lowest BCUT2D eigenvalue weighted by Gasteiger charge is -2.24. The largest absolute Gasteiger partial charge is 1.00 e. The summed E-state index contributed by atoms with van der Waals surface area (Å²) in [5, 5.41) is 0. The molecule has 0 spiro atoms. The number of methoxy groups -OCH3 is 1. The zero-order valence-electron chi connectivity index (χ0n) is 9.97. The molecular weight excluding hydrogens is 202 g/mol. The van der Waals surface area contributed by atoms with Gasteiger partial charge in [-0.2, -0.15) is 0 Å². The summed E-state index contributed by atoms with van der Waals surface area (Å²) in [7, 11) is 1.67. The summed E-state index contributed by atoms with van der Waals surface area (Å²) in [6, 6.07) is 0.549. The number of hydrogen-bond donors (Lipinski definition) is 1. The Balaban J connectivity index is 0. The Labute approximate surface area is 94.2 Å². The van der Waals surface area contributed by atoms with Gasteiger partial charge in [-0.3, -0.25) is 0 Å². The predicted octanol–water partition coefficient (Wildman–Crippen LogP) is -2.69. The van der Waals surface area contributed by atoms with E-state index in [0.29, 0.717) is 6.04 Å². The van der Waals surface area contributed by atoms with Crippen LogP contribution in [0.2, 0.25) is 0 Å². The van der Waals surface area contributed by atoms with Crippen molar-refractivity contribution in [2.75, 3.05) is 26.8 Å². The van der Waals surface area contributed by atoms with Crippen LogP contribution in [0.1, 0.15) is 27.7 Å². The Morgan fingerprint density at radius 2 is 1.64 bits per heavy atom. The van der Waals surface area contributed by atoms with Gasteiger partial charge in [0.15, 0.2) is 6.29 Å². The van der Waals surface area contributed by atoms with Crippen LogP contribution >= 0.6 is 0 Å². The molecule has 2 atom stereocenters. The van der Waals surface area contributed by atoms with Crippen molar-refractivity contribution in [3.05, 3.63) is 0 Å². The topological polar surface area (TPSA) is 22.9 Å². The van der Waals surface area contributed by atoms with Crippen molar-refractivity contribution >= 4 is 0 Å². The third-order valence-electron chi connectivity index (χ3n) is 2.52. The summed E-state index contributed by atoms with van der Waals surface area (Å²) in [5.74, 6) is 0. The summed E-state index contributed by atoms with van der Waals surface area (Å²) >= 11 is 0. The van der Waals surface area contributed by atoms with Gasteiger partial charge in [-0.15, -0.1) is 0 Å². The third kappa shape index (κ3) is 6.60. The first-order valence-electron chi connectivity index (χ1n) is 5.14. The summed E-state index contributed by atoms with van der Waals surface area (Å²) in [4.78, 5) is 1.57. The number of likely N-dealkylation sites (N-methyl/N-ethyl adjacent to an activating group) is 1. The quantitative estimate of drug-likeness (QED) is 0.477. The van der Waals surface area contributed by atoms with E-state index < -0.39 is 0 Å². The lowest BCUT2D eigenvalue weighted by atomic mass is 10.3. The highest BCUT2D eigenvalue weighted by Gasteiger charge is 2.14. The van der Waals surface area contributed by atoms with Crippen LogP contribution in [-0.2, 0) is 9.47 Å². The Morgan fingerprint density at radius 1 is 1.14 bits per heavy atom. The molecule has 0 bridgehead atoms. The van der Waals surface area contributed by atoms with Crippen molar-refractivity contribution in [1.82, 2.24) is 0 Å². The number of nitrogens with one attached hydrogen (secondary N) is 1. The fraction of sp³-hybridized carbons (Fsp3) is 1.00. The van der Waals surface area contributed by atoms with Crippen LogP contribution in [0.4, 0.5) is 0 Å². The molecular formula is C10H24ClNO2. The maximum Gasteiger partial charge on any atom is 0.154 e. The zero-order chi connectivity index (χ0) is 10.3. The Kier molecular flexibility index (Phi) is 11.5. The third-order valence-corrected chi connectivity index (χ3v) is 2.52. The number of halogens is 1. The minimum atomic E-state index is -0.0857. The van der Waals surface area contributed by atoms with E-state index in [1.54, 1.807) is 12.0 Å². The molecule has 0 rings (SSSR count). The van der Waals surface area contributed by atoms with Gasteiger partial charge in [0.05, 0.1) is 13.1 Å². The molecule has 4 heteroatoms. The average molecular weight is 226 g/mol. The summed E-state index contributed by atoms with van der Waals surface area (Å²) < 4.78 is 10.5. The number of ether oxygens (including phenoxy) is 2. The van der Waals surface area contributed by atoms with Crippen LogP contribution in [0.3, 0.4) is 0 Å². The van der Waals surface area contributed by atoms with E-state index >= 15 is 0 Å². The van der Waals surface area contributed by atoms with E-state index in [-0.39, 0.29) is 18.7 Å². The maximum absolute atomic E-state index is 5.49. The summed E-state index contributed by atoms with van der Waals surface area (Å²) in [6.07, 6.45) is -0.0857. The van der Waals surface area contributed by atoms with Crippen LogP contribution in [0.15, 0.2) is 0 Å². The summed E-state index contributed by atoms with van der Waals surface area (Å²) in [6.45, 7) is 11.6. The van der Waals surface area contributed by atoms with Crippen molar-refractivity contribution in [3.8, 4) is 0 Å². The fourth-order valence-corrected chi connectivity index (χ4v) is 1.41. The van der Waals surface area contributed by atoms with Crippen molar-refractivity contribution in [3.63, 3.8) is 0 Å². The maximum atomic E-state index is 5.49. The van der Waals surface area contributed by atoms with E-state index in [2.05, 4.69) is 20.8 Å². The molecule has 1 N–H and O–H groups in total. The molecule has 0 aliphatic heterocycles. The molecule has 0 aromatic carbocycles. The molecule has 0 heterocycles. The van der Waals surface area contributed by atoms with Crippen molar-refractivity contribution < 1.29 is 26.8 Å². The average Bonchev–Trinajstić information content (AvgIpc) is 2.16. The Bertz CT molecular complexity index is 121. The van der Waals surface area contributed by atoms with Crippen LogP contribution in [0, 0.1) is 0 Å². The Hall–Kier alpha value is 0.170. The monoisotopic (exact) mass is 225 g/mol. The predicted molar refractivity (Wildman–Crippen MR) is 53.9 cm³/mol. The van der Waals surface area contributed by atoms with Gasteiger partial charge in [-0.05, 0) is 27.7 Å². The molecule has 0 radical (unpaired) electrons. The highest BCUT2D eigenvalue weighted by Crippen LogP contribution is 1.91. The molecule has 0 fully saturated rings. The minimum Gasteiger partial charge on any atom is -1.00 e. The van der Waals surface area contributed by atoms with Gasteiger partial charge >= 0.3 is 0 Å². The van der Waals surface area contributed by atoms with E-state index in [9.17, 15) is 0 Å². The minimum absolute atomic E-state index is 0. The van der Waals surface area contributed by atoms with Crippen molar-refractivity contribution in [2.24, 2.45) is 0 Å². The van der Waals surface area contributed by atoms with Gasteiger partial charge in [0.1, 0.15) is 12.6 Å². The van der Waals surface area contributed by atoms with Gasteiger partial charge in [0, 0.05) is 7.11 Å². The molecule has 0 aliphatic rings. The molecule has 0 aliphatic carbocycles. The highest BCUT2D eigenvalue weighted by atomic mass is 35.5. The molecule has 0 aromatic heterocycles. The van der Waals surface area contributed by atoms with Gasteiger partial charge in [-0.1, -0.05) is 0 Å². The number of hydrogen-bond acceptors (Lipinski definition) is 2. The molecule has 0 aromatic rings. The van der Waals surface area contributed by atoms with Gasteiger partial charge in [0.25, 0.3) is 0 Å². The fourth-order valence-electron chi connectivity index (χ4n) is 1.41. The molecule has 0 saturated carbocycles. The number of rotatable bonds is 7. The van der Waals surface area contributed by atoms with Crippen LogP contribution < -0.4 is 17.3 Å². The van der Waals surface area contributed by atoms with Gasteiger partial charge < -0.3 is 26.8 Å². The van der Waals surface area contributed by atoms with Crippen LogP contribution in [0.25, 0.3) is 0 Å². The zero-order valence-corrected chi connectivity index (χ0v) is 10.7. The first-order valence-corrected chi connectivity index (χ1v) is 5.14. The summed E-state index contributed by atoms with van der Waals surface area (Å²) in [5.41, 5.74) is 0. The van der Waals surface area contributed by atoms with Crippen LogP contribution in [0.5, 0.6) is 0 Å². The second-order valence-electron chi connectivity index (χ2n) is 3.40. The van der Waals surface area contributed by atoms with Gasteiger partial charge in [-0.25, -0.2) is 0 Å². The highest BCUT2D eigenvalue weighted by molar-refractivity contribution is 4.44. The Morgan fingerprint density at radius 3 is 2.00 bits per heavy atom. The molecule has 88 valence electrons. The lowest BCUT2D eigenvalue weighted by Crippen LogP contribution is -3.15. The number of quaternary nitrogens is 1. The second kappa shape index (κ2) is 9.71. The van der Waals surface area contributed by atoms with E-state index in [4.69, 9.17) is 9.47 Å². The van der Waals surface area contributed by atoms with Crippen molar-refractivity contribution in [1.29, 1.82) is 0 Å². The van der Waals surface area contributed by atoms with E-state index in [1.807, 2.05) is 6.92 Å². The van der Waals surface area contributed by atoms with Gasteiger partial charge in [0.2, 0.25) is 0 Å². The molecule has 3 nitrogen and oxygen atoms in total. The smallest absolute Gasteiger partial charge is 0.154 e. The SMILES string of the molecule is CC[NH+](CC)C(C)COC(C)OC.[Cl-]. The first kappa shape index (κ1) is 16.6. The van der Waals surface area contributed by atoms with E-state index in [0.717, 1.165) is 19.7 Å². The molecule has 2 unspecified atom stereocenters. The normalized spacial score (nSPS) is 15.0. The lowest BCUT2D eigenvalue weighted by molar-refractivity contribution is -0.920. The molecule has 0 saturated heterocycles. The first-order chi connectivity index (χ1) is 6.15.